The molecule has 0 saturated heterocycles. The number of carbonyl (C=O) groups is 1. The smallest absolute Gasteiger partial charge is 0.356 e. The highest BCUT2D eigenvalue weighted by Gasteiger charge is 2.06. The van der Waals surface area contributed by atoms with Crippen LogP contribution >= 0.6 is 15.9 Å². The van der Waals surface area contributed by atoms with Crippen LogP contribution in [0.25, 0.3) is 5.82 Å². The van der Waals surface area contributed by atoms with Crippen molar-refractivity contribution >= 4 is 21.9 Å². The van der Waals surface area contributed by atoms with Gasteiger partial charge in [0.1, 0.15) is 0 Å². The lowest BCUT2D eigenvalue weighted by molar-refractivity contribution is 0.0690. The first-order chi connectivity index (χ1) is 7.16. The highest BCUT2D eigenvalue weighted by Crippen LogP contribution is 2.09. The maximum atomic E-state index is 10.5. The molecule has 0 aliphatic rings. The number of nitrogens with zero attached hydrogens (tertiary/aromatic N) is 4. The molecule has 0 atom stereocenters. The van der Waals surface area contributed by atoms with Gasteiger partial charge in [-0.1, -0.05) is 0 Å². The summed E-state index contributed by atoms with van der Waals surface area (Å²) in [4.78, 5) is 18.2. The molecule has 0 radical (unpaired) electrons. The Kier molecular flexibility index (Phi) is 2.46. The third-order valence-electron chi connectivity index (χ3n) is 1.64. The van der Waals surface area contributed by atoms with E-state index < -0.39 is 5.97 Å². The van der Waals surface area contributed by atoms with E-state index in [1.165, 1.54) is 17.1 Å². The molecule has 0 fully saturated rings. The van der Waals surface area contributed by atoms with E-state index in [0.717, 1.165) is 4.47 Å². The van der Waals surface area contributed by atoms with Crippen molar-refractivity contribution in [1.82, 2.24) is 19.7 Å². The van der Waals surface area contributed by atoms with Gasteiger partial charge in [-0.05, 0) is 15.9 Å². The summed E-state index contributed by atoms with van der Waals surface area (Å²) in [5, 5.41) is 12.6. The monoisotopic (exact) mass is 268 g/mol. The Hall–Kier alpha value is -1.76. The SMILES string of the molecule is O=C(O)c1cnc(-n2cc(Br)cn2)cn1. The molecule has 2 rings (SSSR count). The van der Waals surface area contributed by atoms with E-state index >= 15 is 0 Å². The molecule has 0 aliphatic carbocycles. The minimum absolute atomic E-state index is 0.0926. The quantitative estimate of drug-likeness (QED) is 0.883. The van der Waals surface area contributed by atoms with Crippen LogP contribution < -0.4 is 0 Å². The third-order valence-corrected chi connectivity index (χ3v) is 2.05. The number of hydrogen-bond donors (Lipinski definition) is 1. The first kappa shape index (κ1) is 9.78. The number of carboxylic acid groups (broad SMARTS) is 1. The summed E-state index contributed by atoms with van der Waals surface area (Å²) in [5.41, 5.74) is -0.0926. The number of hydrogen-bond acceptors (Lipinski definition) is 4. The van der Waals surface area contributed by atoms with Crippen LogP contribution in [0.3, 0.4) is 0 Å². The average Bonchev–Trinajstić information content (AvgIpc) is 2.65. The predicted molar refractivity (Wildman–Crippen MR) is 53.8 cm³/mol. The normalized spacial score (nSPS) is 10.2. The lowest BCUT2D eigenvalue weighted by Gasteiger charge is -1.98. The molecule has 0 saturated carbocycles. The Morgan fingerprint density at radius 2 is 2.13 bits per heavy atom. The second-order valence-electron chi connectivity index (χ2n) is 2.67. The number of rotatable bonds is 2. The topological polar surface area (TPSA) is 80.9 Å². The number of carboxylic acids is 1. The first-order valence-corrected chi connectivity index (χ1v) is 4.72. The molecule has 0 amide bonds. The lowest BCUT2D eigenvalue weighted by atomic mass is 10.4. The molecule has 2 aromatic heterocycles. The molecule has 76 valence electrons. The average molecular weight is 269 g/mol. The number of aromatic nitrogens is 4. The molecule has 0 spiro atoms. The molecule has 0 aliphatic heterocycles. The molecule has 2 aromatic rings. The Labute approximate surface area is 92.7 Å². The van der Waals surface area contributed by atoms with Crippen molar-refractivity contribution in [1.29, 1.82) is 0 Å². The van der Waals surface area contributed by atoms with Crippen molar-refractivity contribution in [3.63, 3.8) is 0 Å². The summed E-state index contributed by atoms with van der Waals surface area (Å²) in [6.07, 6.45) is 5.84. The Bertz CT molecular complexity index is 494. The molecule has 1 N–H and O–H groups in total. The van der Waals surface area contributed by atoms with Gasteiger partial charge in [0.2, 0.25) is 0 Å². The van der Waals surface area contributed by atoms with Gasteiger partial charge in [-0.15, -0.1) is 0 Å². The lowest BCUT2D eigenvalue weighted by Crippen LogP contribution is -2.04. The van der Waals surface area contributed by atoms with E-state index in [9.17, 15) is 4.79 Å². The van der Waals surface area contributed by atoms with Crippen molar-refractivity contribution in [3.05, 3.63) is 35.0 Å². The Morgan fingerprint density at radius 1 is 1.33 bits per heavy atom. The fourth-order valence-corrected chi connectivity index (χ4v) is 1.26. The van der Waals surface area contributed by atoms with Gasteiger partial charge in [-0.2, -0.15) is 5.10 Å². The maximum absolute atomic E-state index is 10.5. The van der Waals surface area contributed by atoms with Crippen LogP contribution in [-0.2, 0) is 0 Å². The van der Waals surface area contributed by atoms with E-state index in [1.54, 1.807) is 12.4 Å². The van der Waals surface area contributed by atoms with E-state index in [0.29, 0.717) is 5.82 Å². The first-order valence-electron chi connectivity index (χ1n) is 3.93. The molecule has 15 heavy (non-hydrogen) atoms. The molecular weight excluding hydrogens is 264 g/mol. The van der Waals surface area contributed by atoms with Gasteiger partial charge in [-0.3, -0.25) is 0 Å². The van der Waals surface area contributed by atoms with E-state index in [4.69, 9.17) is 5.11 Å². The number of halogens is 1. The van der Waals surface area contributed by atoms with Crippen molar-refractivity contribution in [2.24, 2.45) is 0 Å². The van der Waals surface area contributed by atoms with Gasteiger partial charge < -0.3 is 5.11 Å². The van der Waals surface area contributed by atoms with Gasteiger partial charge in [-0.25, -0.2) is 19.4 Å². The largest absolute Gasteiger partial charge is 0.476 e. The van der Waals surface area contributed by atoms with Crippen molar-refractivity contribution < 1.29 is 9.90 Å². The summed E-state index contributed by atoms with van der Waals surface area (Å²) in [6.45, 7) is 0. The zero-order chi connectivity index (χ0) is 10.8. The van der Waals surface area contributed by atoms with Crippen LogP contribution in [0.1, 0.15) is 10.5 Å². The van der Waals surface area contributed by atoms with Crippen LogP contribution in [-0.4, -0.2) is 30.8 Å². The fraction of sp³-hybridized carbons (Fsp3) is 0. The van der Waals surface area contributed by atoms with Gasteiger partial charge in [0.05, 0.1) is 23.1 Å². The maximum Gasteiger partial charge on any atom is 0.356 e. The van der Waals surface area contributed by atoms with Gasteiger partial charge in [0.15, 0.2) is 11.5 Å². The molecule has 0 bridgehead atoms. The van der Waals surface area contributed by atoms with E-state index in [1.807, 2.05) is 0 Å². The summed E-state index contributed by atoms with van der Waals surface area (Å²) in [6, 6.07) is 0. The van der Waals surface area contributed by atoms with Crippen LogP contribution in [0.15, 0.2) is 29.3 Å². The van der Waals surface area contributed by atoms with Crippen LogP contribution in [0.5, 0.6) is 0 Å². The summed E-state index contributed by atoms with van der Waals surface area (Å²) in [7, 11) is 0. The second kappa shape index (κ2) is 3.77. The zero-order valence-corrected chi connectivity index (χ0v) is 8.92. The second-order valence-corrected chi connectivity index (χ2v) is 3.58. The standard InChI is InChI=1S/C8H5BrN4O2/c9-5-1-12-13(4-5)7-3-10-6(2-11-7)8(14)15/h1-4H,(H,14,15). The van der Waals surface area contributed by atoms with Crippen LogP contribution in [0, 0.1) is 0 Å². The highest BCUT2D eigenvalue weighted by atomic mass is 79.9. The van der Waals surface area contributed by atoms with Gasteiger partial charge in [0.25, 0.3) is 0 Å². The van der Waals surface area contributed by atoms with Gasteiger partial charge in [0, 0.05) is 6.20 Å². The molecule has 0 unspecified atom stereocenters. The molecular formula is C8H5BrN4O2. The van der Waals surface area contributed by atoms with Crippen molar-refractivity contribution in [2.75, 3.05) is 0 Å². The van der Waals surface area contributed by atoms with Crippen molar-refractivity contribution in [3.8, 4) is 5.82 Å². The minimum Gasteiger partial charge on any atom is -0.476 e. The summed E-state index contributed by atoms with van der Waals surface area (Å²) >= 11 is 3.24. The van der Waals surface area contributed by atoms with Crippen LogP contribution in [0.4, 0.5) is 0 Å². The van der Waals surface area contributed by atoms with E-state index in [2.05, 4.69) is 31.0 Å². The molecule has 7 heteroatoms. The predicted octanol–water partition coefficient (Wildman–Crippen LogP) is 1.12. The summed E-state index contributed by atoms with van der Waals surface area (Å²) < 4.78 is 2.30. The minimum atomic E-state index is -1.10. The molecule has 0 aromatic carbocycles. The third kappa shape index (κ3) is 2.01. The number of aromatic carboxylic acids is 1. The molecule has 2 heterocycles. The Balaban J connectivity index is 2.35. The van der Waals surface area contributed by atoms with E-state index in [-0.39, 0.29) is 5.69 Å². The highest BCUT2D eigenvalue weighted by molar-refractivity contribution is 9.10. The van der Waals surface area contributed by atoms with Crippen LogP contribution in [0.2, 0.25) is 0 Å². The van der Waals surface area contributed by atoms with Crippen molar-refractivity contribution in [2.45, 2.75) is 0 Å². The Morgan fingerprint density at radius 3 is 2.60 bits per heavy atom. The fourth-order valence-electron chi connectivity index (χ4n) is 0.976. The zero-order valence-electron chi connectivity index (χ0n) is 7.33. The molecule has 6 nitrogen and oxygen atoms in total. The summed E-state index contributed by atoms with van der Waals surface area (Å²) in [5.74, 6) is -0.638. The van der Waals surface area contributed by atoms with Gasteiger partial charge >= 0.3 is 5.97 Å².